The van der Waals surface area contributed by atoms with Crippen LogP contribution in [0.1, 0.15) is 16.7 Å². The number of hydrogen-bond acceptors (Lipinski definition) is 2. The van der Waals surface area contributed by atoms with Crippen molar-refractivity contribution in [2.75, 3.05) is 0 Å². The maximum atomic E-state index is 13.3. The lowest BCUT2D eigenvalue weighted by atomic mass is 10.0. The molecule has 0 spiro atoms. The summed E-state index contributed by atoms with van der Waals surface area (Å²) in [5, 5.41) is 11.0. The number of hydrogen-bond donors (Lipinski definition) is 0. The van der Waals surface area contributed by atoms with E-state index in [1.54, 1.807) is 6.92 Å². The monoisotopic (exact) mass is 261 g/mol. The third kappa shape index (κ3) is 1.77. The van der Waals surface area contributed by atoms with Gasteiger partial charge in [0.1, 0.15) is 5.82 Å². The Hall–Kier alpha value is -0.970. The van der Waals surface area contributed by atoms with Gasteiger partial charge in [0.15, 0.2) is 0 Å². The minimum atomic E-state index is -0.476. The van der Waals surface area contributed by atoms with Crippen molar-refractivity contribution in [1.82, 2.24) is 0 Å². The van der Waals surface area contributed by atoms with Gasteiger partial charge < -0.3 is 0 Å². The van der Waals surface area contributed by atoms with Crippen LogP contribution in [0.5, 0.6) is 0 Å². The molecule has 0 saturated carbocycles. The van der Waals surface area contributed by atoms with Crippen molar-refractivity contribution in [3.63, 3.8) is 0 Å². The third-order valence-corrected chi connectivity index (χ3v) is 2.69. The van der Waals surface area contributed by atoms with Crippen molar-refractivity contribution < 1.29 is 9.31 Å². The number of nitro groups is 1. The molecule has 0 amide bonds. The predicted molar refractivity (Wildman–Crippen MR) is 55.2 cm³/mol. The molecular weight excluding hydrogens is 253 g/mol. The van der Waals surface area contributed by atoms with E-state index in [0.717, 1.165) is 0 Å². The number of nitrogens with zero attached hydrogens (tertiary/aromatic N) is 1. The number of alkyl halides is 1. The molecule has 0 N–H and O–H groups in total. The number of benzene rings is 1. The quantitative estimate of drug-likeness (QED) is 0.466. The smallest absolute Gasteiger partial charge is 0.258 e. The highest BCUT2D eigenvalue weighted by atomic mass is 79.9. The largest absolute Gasteiger partial charge is 0.275 e. The Morgan fingerprint density at radius 3 is 2.57 bits per heavy atom. The average Bonchev–Trinajstić information content (AvgIpc) is 2.02. The normalized spacial score (nSPS) is 10.3. The average molecular weight is 262 g/mol. The van der Waals surface area contributed by atoms with Gasteiger partial charge in [-0.3, -0.25) is 10.1 Å². The summed E-state index contributed by atoms with van der Waals surface area (Å²) in [4.78, 5) is 10.2. The first-order chi connectivity index (χ1) is 6.49. The number of nitro benzene ring substituents is 1. The van der Waals surface area contributed by atoms with Crippen LogP contribution in [-0.2, 0) is 5.33 Å². The fraction of sp³-hybridized carbons (Fsp3) is 0.333. The predicted octanol–water partition coefficient (Wildman–Crippen LogP) is 3.25. The number of halogens is 2. The van der Waals surface area contributed by atoms with E-state index in [1.165, 1.54) is 13.0 Å². The third-order valence-electron chi connectivity index (χ3n) is 2.13. The highest BCUT2D eigenvalue weighted by molar-refractivity contribution is 9.08. The zero-order valence-corrected chi connectivity index (χ0v) is 9.39. The molecule has 0 unspecified atom stereocenters. The molecule has 0 saturated heterocycles. The van der Waals surface area contributed by atoms with Crippen molar-refractivity contribution in [1.29, 1.82) is 0 Å². The van der Waals surface area contributed by atoms with Crippen molar-refractivity contribution in [3.8, 4) is 0 Å². The van der Waals surface area contributed by atoms with Crippen LogP contribution < -0.4 is 0 Å². The summed E-state index contributed by atoms with van der Waals surface area (Å²) in [6, 6.07) is 1.20. The van der Waals surface area contributed by atoms with Crippen molar-refractivity contribution in [2.45, 2.75) is 19.2 Å². The Morgan fingerprint density at radius 1 is 1.57 bits per heavy atom. The topological polar surface area (TPSA) is 43.1 Å². The van der Waals surface area contributed by atoms with Gasteiger partial charge in [0.05, 0.1) is 4.92 Å². The van der Waals surface area contributed by atoms with Crippen LogP contribution in [0.25, 0.3) is 0 Å². The van der Waals surface area contributed by atoms with Crippen LogP contribution in [0.2, 0.25) is 0 Å². The van der Waals surface area contributed by atoms with E-state index in [2.05, 4.69) is 15.9 Å². The molecule has 0 radical (unpaired) electrons. The van der Waals surface area contributed by atoms with Crippen LogP contribution >= 0.6 is 15.9 Å². The molecule has 1 aromatic rings. The zero-order valence-electron chi connectivity index (χ0n) is 7.80. The lowest BCUT2D eigenvalue weighted by Crippen LogP contribution is -2.01. The Bertz CT molecular complexity index is 393. The molecule has 0 atom stereocenters. The fourth-order valence-corrected chi connectivity index (χ4v) is 2.10. The van der Waals surface area contributed by atoms with E-state index in [1.807, 2.05) is 0 Å². The lowest BCUT2D eigenvalue weighted by Gasteiger charge is -2.07. The van der Waals surface area contributed by atoms with Crippen molar-refractivity contribution >= 4 is 21.6 Å². The van der Waals surface area contributed by atoms with Gasteiger partial charge in [0.2, 0.25) is 0 Å². The molecule has 0 aromatic heterocycles. The van der Waals surface area contributed by atoms with Gasteiger partial charge >= 0.3 is 0 Å². The van der Waals surface area contributed by atoms with Crippen LogP contribution in [0, 0.1) is 29.8 Å². The minimum Gasteiger partial charge on any atom is -0.258 e. The van der Waals surface area contributed by atoms with E-state index >= 15 is 0 Å². The summed E-state index contributed by atoms with van der Waals surface area (Å²) < 4.78 is 13.3. The van der Waals surface area contributed by atoms with Gasteiger partial charge in [-0.2, -0.15) is 0 Å². The molecule has 0 fully saturated rings. The highest BCUT2D eigenvalue weighted by Gasteiger charge is 2.20. The maximum Gasteiger partial charge on any atom is 0.275 e. The van der Waals surface area contributed by atoms with E-state index in [9.17, 15) is 14.5 Å². The highest BCUT2D eigenvalue weighted by Crippen LogP contribution is 2.29. The molecule has 0 bridgehead atoms. The molecular formula is C9H9BrFNO2. The van der Waals surface area contributed by atoms with Crippen LogP contribution in [0.4, 0.5) is 10.1 Å². The van der Waals surface area contributed by atoms with Crippen LogP contribution in [-0.4, -0.2) is 4.92 Å². The molecule has 3 nitrogen and oxygen atoms in total. The summed E-state index contributed by atoms with van der Waals surface area (Å²) in [6.07, 6.45) is 0. The Morgan fingerprint density at radius 2 is 2.14 bits per heavy atom. The van der Waals surface area contributed by atoms with Gasteiger partial charge in [-0.15, -0.1) is 0 Å². The first-order valence-corrected chi connectivity index (χ1v) is 5.10. The second-order valence-electron chi connectivity index (χ2n) is 3.02. The number of aryl methyl sites for hydroxylation is 1. The molecule has 0 aliphatic rings. The second-order valence-corrected chi connectivity index (χ2v) is 3.58. The summed E-state index contributed by atoms with van der Waals surface area (Å²) in [7, 11) is 0. The molecule has 0 heterocycles. The summed E-state index contributed by atoms with van der Waals surface area (Å²) in [5.74, 6) is -0.400. The first kappa shape index (κ1) is 11.1. The van der Waals surface area contributed by atoms with Crippen molar-refractivity contribution in [2.24, 2.45) is 0 Å². The van der Waals surface area contributed by atoms with Crippen LogP contribution in [0.3, 0.4) is 0 Å². The Labute approximate surface area is 89.2 Å². The van der Waals surface area contributed by atoms with Crippen molar-refractivity contribution in [3.05, 3.63) is 38.7 Å². The number of rotatable bonds is 2. The molecule has 0 aliphatic carbocycles. The molecule has 14 heavy (non-hydrogen) atoms. The summed E-state index contributed by atoms with van der Waals surface area (Å²) >= 11 is 3.10. The molecule has 1 rings (SSSR count). The Balaban J connectivity index is 3.52. The van der Waals surface area contributed by atoms with Gasteiger partial charge in [-0.25, -0.2) is 4.39 Å². The molecule has 0 aliphatic heterocycles. The van der Waals surface area contributed by atoms with Gasteiger partial charge in [-0.1, -0.05) is 15.9 Å². The SMILES string of the molecule is Cc1cc(F)c(CBr)c(C)c1[N+](=O)[O-]. The van der Waals surface area contributed by atoms with E-state index < -0.39 is 10.7 Å². The standard InChI is InChI=1S/C9H9BrFNO2/c1-5-3-8(11)7(4-10)6(2)9(5)12(13)14/h3H,4H2,1-2H3. The summed E-state index contributed by atoms with van der Waals surface area (Å²) in [5.41, 5.74) is 1.10. The van der Waals surface area contributed by atoms with Gasteiger partial charge in [0, 0.05) is 22.0 Å². The van der Waals surface area contributed by atoms with E-state index in [-0.39, 0.29) is 11.0 Å². The maximum absolute atomic E-state index is 13.3. The zero-order chi connectivity index (χ0) is 10.9. The molecule has 76 valence electrons. The first-order valence-electron chi connectivity index (χ1n) is 3.98. The molecule has 1 aromatic carbocycles. The van der Waals surface area contributed by atoms with Crippen LogP contribution in [0.15, 0.2) is 6.07 Å². The van der Waals surface area contributed by atoms with Gasteiger partial charge in [0.25, 0.3) is 5.69 Å². The lowest BCUT2D eigenvalue weighted by molar-refractivity contribution is -0.386. The van der Waals surface area contributed by atoms with E-state index in [0.29, 0.717) is 16.7 Å². The minimum absolute atomic E-state index is 0.000787. The Kier molecular flexibility index (Phi) is 3.21. The van der Waals surface area contributed by atoms with E-state index in [4.69, 9.17) is 0 Å². The fourth-order valence-electron chi connectivity index (χ4n) is 1.41. The second kappa shape index (κ2) is 4.04. The molecule has 5 heteroatoms. The summed E-state index contributed by atoms with van der Waals surface area (Å²) in [6.45, 7) is 3.09. The van der Waals surface area contributed by atoms with Gasteiger partial charge in [-0.05, 0) is 19.9 Å².